The standard InChI is InChI=1S/C3HF6P/c4-1(2(5)6)3(7,8)10-9/h10H. The first-order valence-electron chi connectivity index (χ1n) is 1.88. The second kappa shape index (κ2) is 3.23. The molecular formula is C3HF6P. The second-order valence-electron chi connectivity index (χ2n) is 1.24. The van der Waals surface area contributed by atoms with Crippen LogP contribution in [-0.4, -0.2) is 5.66 Å². The molecule has 0 nitrogen and oxygen atoms in total. The van der Waals surface area contributed by atoms with Gasteiger partial charge in [0.25, 0.3) is 0 Å². The lowest BCUT2D eigenvalue weighted by Crippen LogP contribution is -2.07. The van der Waals surface area contributed by atoms with Crippen molar-refractivity contribution >= 4 is 8.89 Å². The average molecular weight is 182 g/mol. The number of hydrogen-bond acceptors (Lipinski definition) is 0. The van der Waals surface area contributed by atoms with Crippen LogP contribution in [0.2, 0.25) is 0 Å². The largest absolute Gasteiger partial charge is 0.346 e. The van der Waals surface area contributed by atoms with Gasteiger partial charge >= 0.3 is 11.7 Å². The van der Waals surface area contributed by atoms with Crippen LogP contribution in [0.1, 0.15) is 0 Å². The summed E-state index contributed by atoms with van der Waals surface area (Å²) >= 11 is 0. The Morgan fingerprint density at radius 3 is 1.60 bits per heavy atom. The molecule has 0 bridgehead atoms. The van der Waals surface area contributed by atoms with Crippen LogP contribution >= 0.6 is 8.89 Å². The van der Waals surface area contributed by atoms with Gasteiger partial charge in [-0.05, 0) is 0 Å². The van der Waals surface area contributed by atoms with Gasteiger partial charge in [0.2, 0.25) is 5.83 Å². The lowest BCUT2D eigenvalue weighted by Gasteiger charge is -2.05. The zero-order valence-corrected chi connectivity index (χ0v) is 5.27. The topological polar surface area (TPSA) is 0 Å². The fourth-order valence-corrected chi connectivity index (χ4v) is 0.338. The number of alkyl halides is 2. The van der Waals surface area contributed by atoms with Crippen LogP contribution in [0, 0.1) is 0 Å². The maximum atomic E-state index is 11.5. The third-order valence-electron chi connectivity index (χ3n) is 0.560. The van der Waals surface area contributed by atoms with Gasteiger partial charge in [-0.2, -0.15) is 22.0 Å². The molecule has 0 aromatic heterocycles. The maximum absolute atomic E-state index is 11.5. The van der Waals surface area contributed by atoms with Crippen LogP contribution < -0.4 is 0 Å². The van der Waals surface area contributed by atoms with E-state index in [1.165, 1.54) is 0 Å². The molecule has 0 radical (unpaired) electrons. The van der Waals surface area contributed by atoms with Crippen LogP contribution in [0.15, 0.2) is 11.9 Å². The van der Waals surface area contributed by atoms with Crippen molar-refractivity contribution in [1.82, 2.24) is 0 Å². The van der Waals surface area contributed by atoms with Crippen LogP contribution in [-0.2, 0) is 0 Å². The molecule has 0 aromatic rings. The molecule has 0 aromatic carbocycles. The quantitative estimate of drug-likeness (QED) is 0.454. The van der Waals surface area contributed by atoms with Gasteiger partial charge in [0.15, 0.2) is 0 Å². The van der Waals surface area contributed by atoms with E-state index in [9.17, 15) is 26.1 Å². The highest BCUT2D eigenvalue weighted by atomic mass is 31.1. The van der Waals surface area contributed by atoms with E-state index < -0.39 is 26.5 Å². The minimum atomic E-state index is -4.65. The number of allylic oxidation sites excluding steroid dienone is 1. The van der Waals surface area contributed by atoms with Crippen LogP contribution in [0.3, 0.4) is 0 Å². The Morgan fingerprint density at radius 1 is 1.10 bits per heavy atom. The van der Waals surface area contributed by atoms with Crippen molar-refractivity contribution < 1.29 is 26.1 Å². The molecular weight excluding hydrogens is 181 g/mol. The summed E-state index contributed by atoms with van der Waals surface area (Å²) in [5, 5.41) is 0. The van der Waals surface area contributed by atoms with E-state index in [0.29, 0.717) is 0 Å². The molecule has 0 saturated carbocycles. The lowest BCUT2D eigenvalue weighted by molar-refractivity contribution is 0.0990. The first-order chi connectivity index (χ1) is 4.41. The third-order valence-corrected chi connectivity index (χ3v) is 1.02. The van der Waals surface area contributed by atoms with E-state index in [4.69, 9.17) is 0 Å². The molecule has 0 heterocycles. The summed E-state index contributed by atoms with van der Waals surface area (Å²) in [6.45, 7) is 0. The zero-order valence-electron chi connectivity index (χ0n) is 4.27. The Kier molecular flexibility index (Phi) is 3.15. The number of halogens is 6. The average Bonchev–Trinajstić information content (AvgIpc) is 1.86. The van der Waals surface area contributed by atoms with Crippen molar-refractivity contribution in [2.75, 3.05) is 0 Å². The molecule has 1 unspecified atom stereocenters. The molecule has 0 N–H and O–H groups in total. The Labute approximate surface area is 53.8 Å². The van der Waals surface area contributed by atoms with Crippen molar-refractivity contribution in [1.29, 1.82) is 0 Å². The summed E-state index contributed by atoms with van der Waals surface area (Å²) < 4.78 is 67.5. The van der Waals surface area contributed by atoms with E-state index >= 15 is 0 Å². The first kappa shape index (κ1) is 9.75. The van der Waals surface area contributed by atoms with Crippen molar-refractivity contribution in [3.8, 4) is 0 Å². The molecule has 0 saturated heterocycles. The molecule has 60 valence electrons. The molecule has 1 atom stereocenters. The fraction of sp³-hybridized carbons (Fsp3) is 0.333. The zero-order chi connectivity index (χ0) is 8.36. The number of hydrogen-bond donors (Lipinski definition) is 0. The number of rotatable bonds is 2. The van der Waals surface area contributed by atoms with E-state index in [1.54, 1.807) is 0 Å². The second-order valence-corrected chi connectivity index (χ2v) is 2.06. The highest BCUT2D eigenvalue weighted by Crippen LogP contribution is 2.44. The summed E-state index contributed by atoms with van der Waals surface area (Å²) in [5.41, 5.74) is -4.65. The molecule has 0 rings (SSSR count). The highest BCUT2D eigenvalue weighted by molar-refractivity contribution is 7.33. The third kappa shape index (κ3) is 2.17. The minimum absolute atomic E-state index is 2.69. The van der Waals surface area contributed by atoms with E-state index in [0.717, 1.165) is 0 Å². The summed E-state index contributed by atoms with van der Waals surface area (Å²) in [7, 11) is -2.69. The van der Waals surface area contributed by atoms with Gasteiger partial charge in [-0.25, -0.2) is 4.20 Å². The molecule has 0 aliphatic heterocycles. The summed E-state index contributed by atoms with van der Waals surface area (Å²) in [5.74, 6) is -2.99. The van der Waals surface area contributed by atoms with Crippen molar-refractivity contribution in [3.05, 3.63) is 11.9 Å². The Bertz CT molecular complexity index is 147. The summed E-state index contributed by atoms with van der Waals surface area (Å²) in [6.07, 6.45) is -3.19. The van der Waals surface area contributed by atoms with Gasteiger partial charge in [0.05, 0.1) is 0 Å². The molecule has 7 heteroatoms. The van der Waals surface area contributed by atoms with Gasteiger partial charge in [-0.3, -0.25) is 0 Å². The molecule has 0 aliphatic rings. The first-order valence-corrected chi connectivity index (χ1v) is 2.76. The Balaban J connectivity index is 4.49. The smallest absolute Gasteiger partial charge is 0.224 e. The van der Waals surface area contributed by atoms with E-state index in [1.807, 2.05) is 0 Å². The van der Waals surface area contributed by atoms with Gasteiger partial charge in [0.1, 0.15) is 8.89 Å². The highest BCUT2D eigenvalue weighted by Gasteiger charge is 2.39. The van der Waals surface area contributed by atoms with Crippen LogP contribution in [0.4, 0.5) is 26.1 Å². The maximum Gasteiger partial charge on any atom is 0.346 e. The predicted octanol–water partition coefficient (Wildman–Crippen LogP) is 3.22. The van der Waals surface area contributed by atoms with Gasteiger partial charge in [-0.1, -0.05) is 0 Å². The lowest BCUT2D eigenvalue weighted by atomic mass is 10.6. The van der Waals surface area contributed by atoms with E-state index in [-0.39, 0.29) is 0 Å². The molecule has 0 fully saturated rings. The molecule has 0 spiro atoms. The predicted molar refractivity (Wildman–Crippen MR) is 24.7 cm³/mol. The SMILES string of the molecule is FPC(F)(F)C(F)=C(F)F. The molecule has 0 aliphatic carbocycles. The van der Waals surface area contributed by atoms with E-state index in [2.05, 4.69) is 0 Å². The monoisotopic (exact) mass is 182 g/mol. The molecule has 10 heavy (non-hydrogen) atoms. The normalized spacial score (nSPS) is 12.6. The Hall–Kier alpha value is -0.250. The van der Waals surface area contributed by atoms with Crippen LogP contribution in [0.5, 0.6) is 0 Å². The minimum Gasteiger partial charge on any atom is -0.224 e. The summed E-state index contributed by atoms with van der Waals surface area (Å²) in [6, 6.07) is 0. The fourth-order valence-electron chi connectivity index (χ4n) is 0.160. The molecule has 0 amide bonds. The summed E-state index contributed by atoms with van der Waals surface area (Å²) in [4.78, 5) is 0. The van der Waals surface area contributed by atoms with Crippen LogP contribution in [0.25, 0.3) is 0 Å². The van der Waals surface area contributed by atoms with Gasteiger partial charge in [-0.15, -0.1) is 0 Å². The van der Waals surface area contributed by atoms with Crippen molar-refractivity contribution in [2.45, 2.75) is 5.66 Å². The van der Waals surface area contributed by atoms with Gasteiger partial charge in [0, 0.05) is 0 Å². The van der Waals surface area contributed by atoms with Crippen molar-refractivity contribution in [2.24, 2.45) is 0 Å². The van der Waals surface area contributed by atoms with Crippen molar-refractivity contribution in [3.63, 3.8) is 0 Å². The van der Waals surface area contributed by atoms with Gasteiger partial charge < -0.3 is 0 Å². The Morgan fingerprint density at radius 2 is 1.50 bits per heavy atom.